The second-order valence-corrected chi connectivity index (χ2v) is 20.8. The number of nitrogens with two attached hydrogens (primary N) is 1. The molecular weight excluding hydrogens is 1370 g/mol. The van der Waals surface area contributed by atoms with Gasteiger partial charge < -0.3 is 101 Å². The maximum Gasteiger partial charge on any atom is 1.00 e. The van der Waals surface area contributed by atoms with Crippen LogP contribution in [0.25, 0.3) is 21.6 Å². The van der Waals surface area contributed by atoms with Crippen molar-refractivity contribution in [1.29, 1.82) is 0 Å². The van der Waals surface area contributed by atoms with Gasteiger partial charge >= 0.3 is 53.4 Å². The second-order valence-electron chi connectivity index (χ2n) is 20.2. The molecule has 0 fully saturated rings. The third-order valence-corrected chi connectivity index (χ3v) is 13.1. The van der Waals surface area contributed by atoms with Crippen molar-refractivity contribution in [2.45, 2.75) is 70.3 Å². The molecule has 7 rings (SSSR count). The Morgan fingerprint density at radius 3 is 1.43 bits per heavy atom. The van der Waals surface area contributed by atoms with Gasteiger partial charge in [0.25, 0.3) is 0 Å². The first-order valence-corrected chi connectivity index (χ1v) is 33.1. The minimum Gasteiger partial charge on any atom is -0.481 e. The number of amides is 1. The Balaban J connectivity index is 0. The molecule has 2 aliphatic rings. The summed E-state index contributed by atoms with van der Waals surface area (Å²) in [6.07, 6.45) is 6.02. The zero-order chi connectivity index (χ0) is 72.7. The number of aliphatic hydroxyl groups is 4. The summed E-state index contributed by atoms with van der Waals surface area (Å²) in [5.41, 5.74) is 19.4. The van der Waals surface area contributed by atoms with Gasteiger partial charge in [0.15, 0.2) is 0 Å². The van der Waals surface area contributed by atoms with E-state index in [0.29, 0.717) is 97.1 Å². The molecule has 1 aliphatic heterocycles. The molecule has 0 spiro atoms. The van der Waals surface area contributed by atoms with Crippen LogP contribution in [0.5, 0.6) is 11.5 Å². The van der Waals surface area contributed by atoms with Gasteiger partial charge in [0, 0.05) is 67.8 Å². The van der Waals surface area contributed by atoms with Crippen LogP contribution in [0.1, 0.15) is 92.5 Å². The third-order valence-electron chi connectivity index (χ3n) is 12.6. The number of halogens is 1. The van der Waals surface area contributed by atoms with Crippen LogP contribution in [0.3, 0.4) is 0 Å². The van der Waals surface area contributed by atoms with E-state index >= 15 is 0 Å². The standard InChI is InChI=1S/C23H27NO4.C19H14O2.C6H11N3O4.C6H13NO4.C5H12O2.C5H11O.C4H10O3.C2H3BrO2.Na/c25-22(24-14-6-1-7-15-28-16-23(26)27)13-12-21-19-10-4-2-8-17(19)18-9-3-5-11-20(18)21;20-19(14-8-2-1-3-9-14)15-10-4-6-12-17(15)21-18-13-7-5-11-16(18)19;7-9-8-1-2-12-3-4-13-5-6(10)11;7-1-2-10-3-4-11-5-6(8)9;1-2-4-7-5-3-6;1-3-5-6-4-2;5-1-3-7-4-2-6;3-1-2(4)5;/h2-5,8-11,21H,1,6-7,12-16H2,(H,24,25)(H,26,27);1-13,20H;1-5H2,(H,10,11);1-5,7H2,(H,8,9);6H,2-5H2,1H3;2-5H2,1H3;5-6H,1-4H2;1H2,(H,4,5);/q;;;;;-1;;;+1. The zero-order valence-electron chi connectivity index (χ0n) is 57.2. The van der Waals surface area contributed by atoms with Gasteiger partial charge in [-0.25, -0.2) is 14.4 Å². The Bertz CT molecular complexity index is 2800. The number of hydrogen-bond donors (Lipinski definition) is 10. The van der Waals surface area contributed by atoms with Crippen molar-refractivity contribution in [3.05, 3.63) is 173 Å². The average Bonchev–Trinajstić information content (AvgIpc) is 1.30. The summed E-state index contributed by atoms with van der Waals surface area (Å²) in [5, 5.41) is 74.6. The first-order chi connectivity index (χ1) is 47.5. The van der Waals surface area contributed by atoms with Crippen LogP contribution in [-0.2, 0) is 67.5 Å². The second kappa shape index (κ2) is 64.9. The van der Waals surface area contributed by atoms with E-state index in [9.17, 15) is 29.1 Å². The number of carbonyl (C=O) groups excluding carboxylic acids is 1. The van der Waals surface area contributed by atoms with E-state index in [2.05, 4.69) is 108 Å². The molecule has 99 heavy (non-hydrogen) atoms. The number of nitrogens with one attached hydrogen (secondary N) is 1. The number of fused-ring (bicyclic) bond motifs is 5. The fourth-order valence-electron chi connectivity index (χ4n) is 8.57. The van der Waals surface area contributed by atoms with E-state index in [0.717, 1.165) is 68.4 Å². The number of alkyl halides is 1. The molecule has 0 aromatic heterocycles. The minimum atomic E-state index is -1.19. The van der Waals surface area contributed by atoms with Crippen molar-refractivity contribution in [1.82, 2.24) is 5.32 Å². The molecule has 5 aromatic rings. The number of aliphatic hydroxyl groups excluding tert-OH is 3. The van der Waals surface area contributed by atoms with Crippen molar-refractivity contribution in [2.75, 3.05) is 150 Å². The molecule has 0 atom stereocenters. The summed E-state index contributed by atoms with van der Waals surface area (Å²) in [4.78, 5) is 54.3. The number of para-hydroxylation sites is 2. The normalized spacial score (nSPS) is 11.2. The fraction of sp³-hybridized carbons (Fsp3) is 0.486. The van der Waals surface area contributed by atoms with E-state index in [-0.39, 0.29) is 99.5 Å². The number of aliphatic carboxylic acids is 4. The number of carboxylic acids is 4. The predicted octanol–water partition coefficient (Wildman–Crippen LogP) is 5.63. The molecule has 29 heteroatoms. The summed E-state index contributed by atoms with van der Waals surface area (Å²) < 4.78 is 44.5. The molecular formula is C70H101BrN5NaO22. The molecule has 0 bridgehead atoms. The van der Waals surface area contributed by atoms with Gasteiger partial charge in [0.1, 0.15) is 42.3 Å². The van der Waals surface area contributed by atoms with E-state index in [1.807, 2.05) is 85.8 Å². The molecule has 5 aromatic carbocycles. The zero-order valence-corrected chi connectivity index (χ0v) is 60.8. The van der Waals surface area contributed by atoms with Gasteiger partial charge in [-0.1, -0.05) is 157 Å². The molecule has 0 saturated carbocycles. The van der Waals surface area contributed by atoms with Gasteiger partial charge in [-0.05, 0) is 84.0 Å². The summed E-state index contributed by atoms with van der Waals surface area (Å²) in [7, 11) is 0. The Morgan fingerprint density at radius 2 is 0.990 bits per heavy atom. The first-order valence-electron chi connectivity index (χ1n) is 32.0. The van der Waals surface area contributed by atoms with Gasteiger partial charge in [-0.15, -0.1) is 0 Å². The number of nitrogens with zero attached hydrogens (tertiary/aromatic N) is 3. The summed E-state index contributed by atoms with van der Waals surface area (Å²) in [6, 6.07) is 41.9. The number of azide groups is 1. The molecule has 1 aliphatic carbocycles. The molecule has 0 radical (unpaired) electrons. The Morgan fingerprint density at radius 1 is 0.566 bits per heavy atom. The Labute approximate surface area is 611 Å². The number of ether oxygens (including phenoxy) is 9. The minimum absolute atomic E-state index is 0. The monoisotopic (exact) mass is 1470 g/mol. The first kappa shape index (κ1) is 94.6. The molecule has 11 N–H and O–H groups in total. The van der Waals surface area contributed by atoms with Crippen LogP contribution in [0, 0.1) is 6.92 Å². The van der Waals surface area contributed by atoms with Crippen LogP contribution < -0.4 is 45.3 Å². The van der Waals surface area contributed by atoms with E-state index in [1.165, 1.54) is 22.3 Å². The van der Waals surface area contributed by atoms with Gasteiger partial charge in [0.05, 0.1) is 79.3 Å². The summed E-state index contributed by atoms with van der Waals surface area (Å²) in [6.45, 7) is 14.2. The Kier molecular flexibility index (Phi) is 62.0. The molecule has 546 valence electrons. The van der Waals surface area contributed by atoms with Crippen LogP contribution in [-0.4, -0.2) is 221 Å². The number of carboxylic acid groups (broad SMARTS) is 4. The van der Waals surface area contributed by atoms with Gasteiger partial charge in [-0.2, -0.15) is 0 Å². The van der Waals surface area contributed by atoms with Crippen LogP contribution in [0.2, 0.25) is 0 Å². The SMILES string of the molecule is CCCOCCO.NCCOCCOCC(=O)O.O=C(O)CBr.O=C(O)COCCCCCNC(=O)CCC1c2ccccc2-c2ccccc21.OC1(c2ccccc2)c2ccccc2Oc2ccccc21.OCCOCCO.[CH2-]COCCC.[N-]=[N+]=NCCOCCOCC(=O)O.[Na+]. The van der Waals surface area contributed by atoms with E-state index < -0.39 is 29.5 Å². The number of rotatable bonds is 39. The van der Waals surface area contributed by atoms with Crippen LogP contribution in [0.4, 0.5) is 0 Å². The average molecular weight is 1470 g/mol. The van der Waals surface area contributed by atoms with Gasteiger partial charge in [0.2, 0.25) is 5.91 Å². The predicted molar refractivity (Wildman–Crippen MR) is 372 cm³/mol. The summed E-state index contributed by atoms with van der Waals surface area (Å²) >= 11 is 2.71. The van der Waals surface area contributed by atoms with Crippen LogP contribution in [0.15, 0.2) is 133 Å². The van der Waals surface area contributed by atoms with E-state index in [4.69, 9.17) is 75.4 Å². The Hall–Kier alpha value is -6.48. The third kappa shape index (κ3) is 45.8. The van der Waals surface area contributed by atoms with Gasteiger partial charge in [-0.3, -0.25) is 9.59 Å². The molecule has 27 nitrogen and oxygen atoms in total. The smallest absolute Gasteiger partial charge is 0.481 e. The molecule has 0 unspecified atom stereocenters. The maximum atomic E-state index is 12.2. The van der Waals surface area contributed by atoms with E-state index in [1.54, 1.807) is 0 Å². The maximum absolute atomic E-state index is 12.2. The van der Waals surface area contributed by atoms with Crippen molar-refractivity contribution in [3.8, 4) is 22.6 Å². The summed E-state index contributed by atoms with van der Waals surface area (Å²) in [5.74, 6) is -1.98. The largest absolute Gasteiger partial charge is 1.00 e. The molecule has 1 amide bonds. The number of benzene rings is 5. The fourth-order valence-corrected chi connectivity index (χ4v) is 8.57. The number of hydrogen-bond acceptors (Lipinski definition) is 20. The quantitative estimate of drug-likeness (QED) is 0.00433. The molecule has 0 saturated heterocycles. The van der Waals surface area contributed by atoms with Crippen molar-refractivity contribution in [3.63, 3.8) is 0 Å². The molecule has 1 heterocycles. The topological polar surface area (TPSA) is 417 Å². The number of carbonyl (C=O) groups is 5. The van der Waals surface area contributed by atoms with Crippen molar-refractivity contribution < 1.29 is 137 Å². The van der Waals surface area contributed by atoms with Crippen molar-refractivity contribution >= 4 is 45.7 Å². The van der Waals surface area contributed by atoms with Crippen LogP contribution >= 0.6 is 15.9 Å². The number of unbranched alkanes of at least 4 members (excludes halogenated alkanes) is 2. The van der Waals surface area contributed by atoms with Crippen molar-refractivity contribution in [2.24, 2.45) is 10.8 Å².